The van der Waals surface area contributed by atoms with E-state index in [-0.39, 0.29) is 31.9 Å². The van der Waals surface area contributed by atoms with Crippen molar-refractivity contribution >= 4 is 20.2 Å². The monoisotopic (exact) mass is 744 g/mol. The van der Waals surface area contributed by atoms with E-state index in [0.717, 1.165) is 32.8 Å². The van der Waals surface area contributed by atoms with Gasteiger partial charge >= 0.3 is 5.69 Å². The second-order valence-electron chi connectivity index (χ2n) is 12.2. The summed E-state index contributed by atoms with van der Waals surface area (Å²) >= 11 is 0. The molecule has 0 saturated carbocycles. The van der Waals surface area contributed by atoms with Crippen molar-refractivity contribution in [3.63, 3.8) is 0 Å². The molecule has 2 heterocycles. The van der Waals surface area contributed by atoms with Crippen LogP contribution in [0.5, 0.6) is 5.75 Å². The van der Waals surface area contributed by atoms with Crippen LogP contribution in [0.4, 0.5) is 0 Å². The summed E-state index contributed by atoms with van der Waals surface area (Å²) in [6.07, 6.45) is -1.35. The summed E-state index contributed by atoms with van der Waals surface area (Å²) in [4.78, 5) is 27.9. The largest absolute Gasteiger partial charge is 0.497 e. The van der Waals surface area contributed by atoms with Crippen LogP contribution in [0.2, 0.25) is 0 Å². The zero-order valence-electron chi connectivity index (χ0n) is 28.5. The highest BCUT2D eigenvalue weighted by Gasteiger charge is 2.61. The molecule has 1 aliphatic rings. The Bertz CT molecular complexity index is 2120. The molecule has 0 amide bonds. The van der Waals surface area contributed by atoms with Gasteiger partial charge in [-0.3, -0.25) is 22.3 Å². The van der Waals surface area contributed by atoms with Crippen LogP contribution in [0.3, 0.4) is 0 Å². The molecule has 0 N–H and O–H groups in total. The van der Waals surface area contributed by atoms with Crippen molar-refractivity contribution in [1.82, 2.24) is 9.13 Å². The van der Waals surface area contributed by atoms with E-state index < -0.39 is 62.1 Å². The molecule has 1 aromatic heterocycles. The highest BCUT2D eigenvalue weighted by Crippen LogP contribution is 2.41. The van der Waals surface area contributed by atoms with E-state index in [0.29, 0.717) is 11.3 Å². The maximum atomic E-state index is 14.4. The van der Waals surface area contributed by atoms with Gasteiger partial charge in [-0.1, -0.05) is 72.8 Å². The van der Waals surface area contributed by atoms with E-state index in [2.05, 4.69) is 0 Å². The van der Waals surface area contributed by atoms with E-state index >= 15 is 0 Å². The standard InChI is InChI=1S/C35H40N2O12S2/c1-25-19-37(34(39)36(33(25)38)20-26-15-17-29(44-2)18-16-26)35(24-47-50(3,40)41)32(49-51(4,42)43)31(46-22-28-13-9-6-10-14-28)30(48-35)23-45-21-27-11-7-5-8-12-27/h5-19,30-32H,20-24H2,1-4H3/t30-,31-,32+,35-/m1/s1. The number of aryl methyl sites for hydroxylation is 1. The lowest BCUT2D eigenvalue weighted by Crippen LogP contribution is -2.58. The molecule has 3 aromatic carbocycles. The lowest BCUT2D eigenvalue weighted by molar-refractivity contribution is -0.167. The number of ether oxygens (including phenoxy) is 4. The van der Waals surface area contributed by atoms with Gasteiger partial charge in [0.25, 0.3) is 25.8 Å². The van der Waals surface area contributed by atoms with Gasteiger partial charge in [-0.05, 0) is 35.7 Å². The molecule has 4 atom stereocenters. The Morgan fingerprint density at radius 2 is 1.41 bits per heavy atom. The number of methoxy groups -OCH3 is 1. The van der Waals surface area contributed by atoms with Crippen LogP contribution < -0.4 is 16.0 Å². The van der Waals surface area contributed by atoms with E-state index in [4.69, 9.17) is 27.3 Å². The normalized spacial score (nSPS) is 20.7. The molecule has 0 spiro atoms. The third-order valence-corrected chi connectivity index (χ3v) is 9.25. The number of hydrogen-bond acceptors (Lipinski definition) is 12. The Hall–Kier alpha value is -4.16. The van der Waals surface area contributed by atoms with Crippen molar-refractivity contribution in [2.45, 2.75) is 50.7 Å². The van der Waals surface area contributed by atoms with Crippen LogP contribution in [0.1, 0.15) is 22.3 Å². The zero-order chi connectivity index (χ0) is 36.8. The Kier molecular flexibility index (Phi) is 12.0. The van der Waals surface area contributed by atoms with Gasteiger partial charge in [0.05, 0.1) is 46.0 Å². The van der Waals surface area contributed by atoms with Crippen LogP contribution in [0, 0.1) is 6.92 Å². The number of hydrogen-bond donors (Lipinski definition) is 0. The first kappa shape index (κ1) is 38.1. The SMILES string of the molecule is COc1ccc(Cn2c(=O)c(C)cn([C@]3(COS(C)(=O)=O)O[C@H](COCc4ccccc4)[C@@H](OCc4ccccc4)[C@@H]3OS(C)(=O)=O)c2=O)cc1. The summed E-state index contributed by atoms with van der Waals surface area (Å²) in [7, 11) is -7.05. The minimum absolute atomic E-state index is 0.0401. The molecule has 0 aliphatic carbocycles. The molecule has 1 aliphatic heterocycles. The zero-order valence-corrected chi connectivity index (χ0v) is 30.2. The molecule has 51 heavy (non-hydrogen) atoms. The predicted octanol–water partition coefficient (Wildman–Crippen LogP) is 2.55. The first-order valence-corrected chi connectivity index (χ1v) is 19.5. The van der Waals surface area contributed by atoms with Gasteiger partial charge in [0, 0.05) is 11.8 Å². The van der Waals surface area contributed by atoms with Crippen molar-refractivity contribution in [3.05, 3.63) is 134 Å². The number of nitrogens with zero attached hydrogens (tertiary/aromatic N) is 2. The van der Waals surface area contributed by atoms with Crippen molar-refractivity contribution in [2.75, 3.05) is 32.8 Å². The maximum absolute atomic E-state index is 14.4. The Balaban J connectivity index is 1.66. The Morgan fingerprint density at radius 1 is 0.804 bits per heavy atom. The van der Waals surface area contributed by atoms with E-state index in [1.807, 2.05) is 36.4 Å². The minimum Gasteiger partial charge on any atom is -0.497 e. The number of aromatic nitrogens is 2. The van der Waals surface area contributed by atoms with Gasteiger partial charge in [-0.15, -0.1) is 0 Å². The lowest BCUT2D eigenvalue weighted by Gasteiger charge is -2.35. The molecular weight excluding hydrogens is 705 g/mol. The van der Waals surface area contributed by atoms with Crippen LogP contribution in [-0.4, -0.2) is 77.1 Å². The van der Waals surface area contributed by atoms with Crippen LogP contribution in [-0.2, 0) is 68.3 Å². The molecule has 0 radical (unpaired) electrons. The van der Waals surface area contributed by atoms with Crippen molar-refractivity contribution in [3.8, 4) is 5.75 Å². The van der Waals surface area contributed by atoms with Crippen LogP contribution in [0.15, 0.2) is 101 Å². The molecule has 4 aromatic rings. The van der Waals surface area contributed by atoms with E-state index in [1.165, 1.54) is 20.2 Å². The fourth-order valence-corrected chi connectivity index (χ4v) is 6.77. The molecular formula is C35H40N2O12S2. The summed E-state index contributed by atoms with van der Waals surface area (Å²) in [6.45, 7) is 0.245. The Morgan fingerprint density at radius 3 is 1.98 bits per heavy atom. The molecule has 5 rings (SSSR count). The molecule has 0 bridgehead atoms. The topological polar surface area (TPSA) is 168 Å². The van der Waals surface area contributed by atoms with Crippen LogP contribution >= 0.6 is 0 Å². The Labute approximate surface area is 296 Å². The summed E-state index contributed by atoms with van der Waals surface area (Å²) in [5.41, 5.74) is -1.70. The average Bonchev–Trinajstić information content (AvgIpc) is 3.38. The number of rotatable bonds is 16. The molecule has 0 unspecified atom stereocenters. The molecule has 16 heteroatoms. The third-order valence-electron chi connectivity index (χ3n) is 8.15. The average molecular weight is 745 g/mol. The number of benzene rings is 3. The molecule has 1 fully saturated rings. The second-order valence-corrected chi connectivity index (χ2v) is 15.4. The molecule has 274 valence electrons. The summed E-state index contributed by atoms with van der Waals surface area (Å²) in [5, 5.41) is 0. The van der Waals surface area contributed by atoms with Crippen molar-refractivity contribution in [2.24, 2.45) is 0 Å². The first-order chi connectivity index (χ1) is 24.2. The predicted molar refractivity (Wildman–Crippen MR) is 186 cm³/mol. The van der Waals surface area contributed by atoms with Gasteiger partial charge in [0.15, 0.2) is 6.10 Å². The van der Waals surface area contributed by atoms with Gasteiger partial charge in [0.1, 0.15) is 24.6 Å². The molecule has 14 nitrogen and oxygen atoms in total. The first-order valence-electron chi connectivity index (χ1n) is 15.8. The van der Waals surface area contributed by atoms with Crippen LogP contribution in [0.25, 0.3) is 0 Å². The van der Waals surface area contributed by atoms with Gasteiger partial charge in [-0.25, -0.2) is 4.79 Å². The fourth-order valence-electron chi connectivity index (χ4n) is 5.75. The van der Waals surface area contributed by atoms with E-state index in [9.17, 15) is 26.4 Å². The van der Waals surface area contributed by atoms with Gasteiger partial charge < -0.3 is 18.9 Å². The summed E-state index contributed by atoms with van der Waals surface area (Å²) in [6, 6.07) is 25.0. The summed E-state index contributed by atoms with van der Waals surface area (Å²) < 4.78 is 87.7. The lowest BCUT2D eigenvalue weighted by atomic mass is 10.0. The van der Waals surface area contributed by atoms with Crippen molar-refractivity contribution in [1.29, 1.82) is 0 Å². The summed E-state index contributed by atoms with van der Waals surface area (Å²) in [5.74, 6) is 0.562. The van der Waals surface area contributed by atoms with E-state index in [1.54, 1.807) is 48.5 Å². The molecule has 1 saturated heterocycles. The van der Waals surface area contributed by atoms with Gasteiger partial charge in [0.2, 0.25) is 5.72 Å². The highest BCUT2D eigenvalue weighted by atomic mass is 32.2. The third kappa shape index (κ3) is 9.59. The quantitative estimate of drug-likeness (QED) is 0.154. The maximum Gasteiger partial charge on any atom is 0.333 e. The minimum atomic E-state index is -4.34. The second kappa shape index (κ2) is 16.0. The van der Waals surface area contributed by atoms with Gasteiger partial charge in [-0.2, -0.15) is 16.8 Å². The van der Waals surface area contributed by atoms with Crippen molar-refractivity contribution < 1.29 is 44.1 Å². The highest BCUT2D eigenvalue weighted by molar-refractivity contribution is 7.86. The smallest absolute Gasteiger partial charge is 0.333 e. The fraction of sp³-hybridized carbons (Fsp3) is 0.371.